The molecule has 3 heterocycles. The van der Waals surface area contributed by atoms with Crippen molar-refractivity contribution < 1.29 is 9.21 Å². The fraction of sp³-hybridized carbons (Fsp3) is 0.375. The molecule has 2 aromatic heterocycles. The summed E-state index contributed by atoms with van der Waals surface area (Å²) in [6, 6.07) is 12.8. The third kappa shape index (κ3) is 4.81. The van der Waals surface area contributed by atoms with Crippen molar-refractivity contribution in [1.29, 1.82) is 0 Å². The number of aryl methyl sites for hydroxylation is 1. The zero-order valence-electron chi connectivity index (χ0n) is 18.6. The minimum Gasteiger partial charge on any atom is -0.469 e. The van der Waals surface area contributed by atoms with Crippen LogP contribution in [0.15, 0.2) is 64.9 Å². The number of nitrogens with zero attached hydrogens (tertiary/aromatic N) is 5. The number of carbonyl (C=O) groups is 1. The van der Waals surface area contributed by atoms with E-state index in [1.54, 1.807) is 12.3 Å². The van der Waals surface area contributed by atoms with E-state index < -0.39 is 0 Å². The van der Waals surface area contributed by atoms with Gasteiger partial charge >= 0.3 is 0 Å². The van der Waals surface area contributed by atoms with Crippen molar-refractivity contribution in [3.8, 4) is 11.4 Å². The number of furan rings is 1. The van der Waals surface area contributed by atoms with E-state index in [0.717, 1.165) is 43.3 Å². The first-order valence-corrected chi connectivity index (χ1v) is 11.8. The van der Waals surface area contributed by atoms with Gasteiger partial charge in [0.05, 0.1) is 17.6 Å². The Labute approximate surface area is 193 Å². The van der Waals surface area contributed by atoms with E-state index in [9.17, 15) is 4.79 Å². The topological polar surface area (TPSA) is 67.4 Å². The number of benzene rings is 1. The quantitative estimate of drug-likeness (QED) is 0.381. The Kier molecular flexibility index (Phi) is 7.12. The monoisotopic (exact) mass is 451 g/mol. The highest BCUT2D eigenvalue weighted by atomic mass is 32.2. The molecule has 32 heavy (non-hydrogen) atoms. The standard InChI is InChI=1S/C24H29N5O2S/c1-4-11-29-23(21-10-16-31-19(21)3)25-26-24(29)32-17-22(30)28-14-12-27(13-15-28)18(2)20-8-6-5-7-9-20/h4-10,16,18H,1,11-15,17H2,2-3H3. The number of hydrogen-bond acceptors (Lipinski definition) is 6. The summed E-state index contributed by atoms with van der Waals surface area (Å²) in [5.74, 6) is 2.00. The molecule has 8 heteroatoms. The van der Waals surface area contributed by atoms with Crippen molar-refractivity contribution in [3.05, 3.63) is 66.6 Å². The molecule has 3 aromatic rings. The second kappa shape index (κ2) is 10.2. The summed E-state index contributed by atoms with van der Waals surface area (Å²) in [7, 11) is 0. The fourth-order valence-corrected chi connectivity index (χ4v) is 4.87. The molecule has 4 rings (SSSR count). The molecule has 0 aliphatic carbocycles. The van der Waals surface area contributed by atoms with Gasteiger partial charge in [0.2, 0.25) is 5.91 Å². The molecule has 1 unspecified atom stereocenters. The molecule has 0 radical (unpaired) electrons. The summed E-state index contributed by atoms with van der Waals surface area (Å²) in [6.07, 6.45) is 3.45. The summed E-state index contributed by atoms with van der Waals surface area (Å²) >= 11 is 1.42. The number of piperazine rings is 1. The first-order chi connectivity index (χ1) is 15.6. The van der Waals surface area contributed by atoms with Crippen molar-refractivity contribution in [2.24, 2.45) is 0 Å². The maximum absolute atomic E-state index is 12.9. The maximum Gasteiger partial charge on any atom is 0.233 e. The van der Waals surface area contributed by atoms with Crippen LogP contribution in [-0.4, -0.2) is 62.4 Å². The third-order valence-electron chi connectivity index (χ3n) is 5.95. The number of amides is 1. The second-order valence-electron chi connectivity index (χ2n) is 7.89. The largest absolute Gasteiger partial charge is 0.469 e. The second-order valence-corrected chi connectivity index (χ2v) is 8.83. The molecule has 168 valence electrons. The molecule has 0 bridgehead atoms. The van der Waals surface area contributed by atoms with Crippen molar-refractivity contribution in [2.45, 2.75) is 31.6 Å². The number of rotatable bonds is 8. The molecule has 7 nitrogen and oxygen atoms in total. The van der Waals surface area contributed by atoms with Crippen LogP contribution in [0.25, 0.3) is 11.4 Å². The number of allylic oxidation sites excluding steroid dienone is 1. The Bertz CT molecular complexity index is 1050. The molecule has 1 aliphatic heterocycles. The number of hydrogen-bond donors (Lipinski definition) is 0. The summed E-state index contributed by atoms with van der Waals surface area (Å²) in [5.41, 5.74) is 2.22. The van der Waals surface area contributed by atoms with Gasteiger partial charge in [-0.15, -0.1) is 16.8 Å². The Morgan fingerprint density at radius 3 is 2.59 bits per heavy atom. The van der Waals surface area contributed by atoms with Crippen molar-refractivity contribution in [1.82, 2.24) is 24.6 Å². The normalized spacial score (nSPS) is 15.6. The molecular formula is C24H29N5O2S. The van der Waals surface area contributed by atoms with Gasteiger partial charge in [-0.3, -0.25) is 14.3 Å². The van der Waals surface area contributed by atoms with Crippen LogP contribution >= 0.6 is 11.8 Å². The smallest absolute Gasteiger partial charge is 0.233 e. The zero-order chi connectivity index (χ0) is 22.5. The third-order valence-corrected chi connectivity index (χ3v) is 6.90. The van der Waals surface area contributed by atoms with Crippen LogP contribution in [0.3, 0.4) is 0 Å². The highest BCUT2D eigenvalue weighted by Crippen LogP contribution is 2.27. The van der Waals surface area contributed by atoms with Gasteiger partial charge in [-0.25, -0.2) is 0 Å². The van der Waals surface area contributed by atoms with Crippen molar-refractivity contribution in [2.75, 3.05) is 31.9 Å². The van der Waals surface area contributed by atoms with Crippen LogP contribution < -0.4 is 0 Å². The maximum atomic E-state index is 12.9. The molecule has 1 fully saturated rings. The lowest BCUT2D eigenvalue weighted by Gasteiger charge is -2.38. The van der Waals surface area contributed by atoms with Gasteiger partial charge in [0.15, 0.2) is 11.0 Å². The van der Waals surface area contributed by atoms with E-state index >= 15 is 0 Å². The van der Waals surface area contributed by atoms with Crippen LogP contribution in [0.5, 0.6) is 0 Å². The van der Waals surface area contributed by atoms with Gasteiger partial charge in [-0.05, 0) is 25.5 Å². The van der Waals surface area contributed by atoms with E-state index in [2.05, 4.69) is 52.9 Å². The van der Waals surface area contributed by atoms with Gasteiger partial charge in [-0.1, -0.05) is 48.2 Å². The fourth-order valence-electron chi connectivity index (χ4n) is 4.02. The van der Waals surface area contributed by atoms with Crippen LogP contribution in [0, 0.1) is 6.92 Å². The molecule has 0 saturated carbocycles. The van der Waals surface area contributed by atoms with Gasteiger partial charge in [-0.2, -0.15) is 0 Å². The summed E-state index contributed by atoms with van der Waals surface area (Å²) in [6.45, 7) is 11.8. The molecule has 1 aromatic carbocycles. The summed E-state index contributed by atoms with van der Waals surface area (Å²) in [5, 5.41) is 9.38. The van der Waals surface area contributed by atoms with Crippen LogP contribution in [0.2, 0.25) is 0 Å². The van der Waals surface area contributed by atoms with E-state index in [1.165, 1.54) is 17.3 Å². The first kappa shape index (κ1) is 22.4. The minimum atomic E-state index is 0.135. The highest BCUT2D eigenvalue weighted by Gasteiger charge is 2.25. The number of thioether (sulfide) groups is 1. The first-order valence-electron chi connectivity index (χ1n) is 10.9. The molecule has 1 atom stereocenters. The molecule has 0 N–H and O–H groups in total. The molecule has 1 amide bonds. The van der Waals surface area contributed by atoms with Crippen LogP contribution in [-0.2, 0) is 11.3 Å². The van der Waals surface area contributed by atoms with Crippen molar-refractivity contribution >= 4 is 17.7 Å². The summed E-state index contributed by atoms with van der Waals surface area (Å²) < 4.78 is 7.39. The Morgan fingerprint density at radius 1 is 1.19 bits per heavy atom. The van der Waals surface area contributed by atoms with E-state index in [4.69, 9.17) is 4.42 Å². The Morgan fingerprint density at radius 2 is 1.94 bits per heavy atom. The Balaban J connectivity index is 1.34. The predicted octanol–water partition coefficient (Wildman–Crippen LogP) is 4.03. The van der Waals surface area contributed by atoms with E-state index in [1.807, 2.05) is 28.5 Å². The van der Waals surface area contributed by atoms with E-state index in [0.29, 0.717) is 23.5 Å². The minimum absolute atomic E-state index is 0.135. The lowest BCUT2D eigenvalue weighted by atomic mass is 10.1. The number of aromatic nitrogens is 3. The summed E-state index contributed by atoms with van der Waals surface area (Å²) in [4.78, 5) is 17.3. The van der Waals surface area contributed by atoms with Gasteiger partial charge in [0.25, 0.3) is 0 Å². The van der Waals surface area contributed by atoms with E-state index in [-0.39, 0.29) is 5.91 Å². The Hall–Kier alpha value is -2.84. The zero-order valence-corrected chi connectivity index (χ0v) is 19.4. The van der Waals surface area contributed by atoms with Gasteiger partial charge < -0.3 is 9.32 Å². The molecule has 1 aliphatic rings. The van der Waals surface area contributed by atoms with Crippen molar-refractivity contribution in [3.63, 3.8) is 0 Å². The lowest BCUT2D eigenvalue weighted by molar-refractivity contribution is -0.130. The molecule has 0 spiro atoms. The highest BCUT2D eigenvalue weighted by molar-refractivity contribution is 7.99. The van der Waals surface area contributed by atoms with Crippen LogP contribution in [0.1, 0.15) is 24.3 Å². The van der Waals surface area contributed by atoms with Gasteiger partial charge in [0.1, 0.15) is 5.76 Å². The number of carbonyl (C=O) groups excluding carboxylic acids is 1. The predicted molar refractivity (Wildman–Crippen MR) is 126 cm³/mol. The average Bonchev–Trinajstić information content (AvgIpc) is 3.43. The SMILES string of the molecule is C=CCn1c(SCC(=O)N2CCN(C(C)c3ccccc3)CC2)nnc1-c1ccoc1C. The lowest BCUT2D eigenvalue weighted by Crippen LogP contribution is -2.49. The molecule has 1 saturated heterocycles. The van der Waals surface area contributed by atoms with Gasteiger partial charge in [0, 0.05) is 38.8 Å². The molecular weight excluding hydrogens is 422 g/mol. The van der Waals surface area contributed by atoms with Crippen LogP contribution in [0.4, 0.5) is 0 Å². The average molecular weight is 452 g/mol.